The third-order valence-electron chi connectivity index (χ3n) is 3.34. The zero-order valence-corrected chi connectivity index (χ0v) is 9.63. The molecule has 88 valence electrons. The fourth-order valence-corrected chi connectivity index (χ4v) is 2.15. The largest absolute Gasteiger partial charge is 0.487 e. The fourth-order valence-electron chi connectivity index (χ4n) is 2.15. The molecule has 1 aliphatic carbocycles. The lowest BCUT2D eigenvalue weighted by atomic mass is 9.77. The number of ether oxygens (including phenoxy) is 1. The standard InChI is InChI=1S/C13H18FNO/c1-10-3-4-11(14)9-12(10)16-13(7-8-15)5-2-6-13/h3-4,9H,2,5-8,15H2,1H3. The lowest BCUT2D eigenvalue weighted by molar-refractivity contribution is -0.0132. The van der Waals surface area contributed by atoms with Gasteiger partial charge in [-0.25, -0.2) is 4.39 Å². The normalized spacial score (nSPS) is 17.9. The third-order valence-corrected chi connectivity index (χ3v) is 3.34. The Kier molecular flexibility index (Phi) is 3.15. The first-order chi connectivity index (χ1) is 7.65. The van der Waals surface area contributed by atoms with Gasteiger partial charge in [0.25, 0.3) is 0 Å². The molecule has 2 rings (SSSR count). The molecule has 0 saturated heterocycles. The Morgan fingerprint density at radius 1 is 1.44 bits per heavy atom. The number of hydrogen-bond donors (Lipinski definition) is 1. The summed E-state index contributed by atoms with van der Waals surface area (Å²) in [6.45, 7) is 2.55. The maximum absolute atomic E-state index is 13.1. The second kappa shape index (κ2) is 4.42. The van der Waals surface area contributed by atoms with Crippen LogP contribution in [0.4, 0.5) is 4.39 Å². The van der Waals surface area contributed by atoms with Crippen molar-refractivity contribution >= 4 is 0 Å². The summed E-state index contributed by atoms with van der Waals surface area (Å²) in [4.78, 5) is 0. The van der Waals surface area contributed by atoms with Crippen LogP contribution in [-0.2, 0) is 0 Å². The molecule has 2 nitrogen and oxygen atoms in total. The molecule has 1 aromatic rings. The topological polar surface area (TPSA) is 35.2 Å². The summed E-state index contributed by atoms with van der Waals surface area (Å²) in [5, 5.41) is 0. The highest BCUT2D eigenvalue weighted by Gasteiger charge is 2.38. The minimum atomic E-state index is -0.247. The Hall–Kier alpha value is -1.09. The van der Waals surface area contributed by atoms with Gasteiger partial charge in [-0.15, -0.1) is 0 Å². The number of rotatable bonds is 4. The first kappa shape index (κ1) is 11.4. The summed E-state index contributed by atoms with van der Waals surface area (Å²) >= 11 is 0. The number of hydrogen-bond acceptors (Lipinski definition) is 2. The Morgan fingerprint density at radius 3 is 2.75 bits per heavy atom. The van der Waals surface area contributed by atoms with Crippen LogP contribution in [0.5, 0.6) is 5.75 Å². The molecule has 0 aromatic heterocycles. The van der Waals surface area contributed by atoms with Crippen molar-refractivity contribution in [3.05, 3.63) is 29.6 Å². The van der Waals surface area contributed by atoms with E-state index in [2.05, 4.69) is 0 Å². The molecule has 0 heterocycles. The van der Waals surface area contributed by atoms with Crippen LogP contribution in [-0.4, -0.2) is 12.1 Å². The van der Waals surface area contributed by atoms with Crippen molar-refractivity contribution in [2.24, 2.45) is 5.73 Å². The first-order valence-electron chi connectivity index (χ1n) is 5.80. The van der Waals surface area contributed by atoms with Crippen molar-refractivity contribution in [2.75, 3.05) is 6.54 Å². The van der Waals surface area contributed by atoms with E-state index in [0.29, 0.717) is 12.3 Å². The molecule has 0 radical (unpaired) electrons. The summed E-state index contributed by atoms with van der Waals surface area (Å²) in [5.41, 5.74) is 6.44. The highest BCUT2D eigenvalue weighted by atomic mass is 19.1. The Bertz CT molecular complexity index is 374. The predicted octanol–water partition coefficient (Wildman–Crippen LogP) is 2.78. The van der Waals surface area contributed by atoms with Gasteiger partial charge in [0.1, 0.15) is 17.2 Å². The van der Waals surface area contributed by atoms with E-state index in [-0.39, 0.29) is 11.4 Å². The summed E-state index contributed by atoms with van der Waals surface area (Å²) in [6.07, 6.45) is 4.08. The van der Waals surface area contributed by atoms with Crippen molar-refractivity contribution in [2.45, 2.75) is 38.2 Å². The van der Waals surface area contributed by atoms with Crippen molar-refractivity contribution < 1.29 is 9.13 Å². The molecular formula is C13H18FNO. The maximum Gasteiger partial charge on any atom is 0.126 e. The van der Waals surface area contributed by atoms with Gasteiger partial charge >= 0.3 is 0 Å². The summed E-state index contributed by atoms with van der Waals surface area (Å²) in [6, 6.07) is 4.67. The van der Waals surface area contributed by atoms with Crippen molar-refractivity contribution in [3.8, 4) is 5.75 Å². The quantitative estimate of drug-likeness (QED) is 0.851. The summed E-state index contributed by atoms with van der Waals surface area (Å²) in [7, 11) is 0. The van der Waals surface area contributed by atoms with Crippen LogP contribution in [0.15, 0.2) is 18.2 Å². The van der Waals surface area contributed by atoms with Gasteiger partial charge in [-0.05, 0) is 50.8 Å². The van der Waals surface area contributed by atoms with E-state index in [1.165, 1.54) is 18.6 Å². The molecule has 3 heteroatoms. The van der Waals surface area contributed by atoms with Crippen molar-refractivity contribution in [3.63, 3.8) is 0 Å². The van der Waals surface area contributed by atoms with Crippen LogP contribution in [0.2, 0.25) is 0 Å². The number of aryl methyl sites for hydroxylation is 1. The van der Waals surface area contributed by atoms with Gasteiger partial charge in [0.2, 0.25) is 0 Å². The number of nitrogens with two attached hydrogens (primary N) is 1. The molecule has 0 spiro atoms. The molecular weight excluding hydrogens is 205 g/mol. The van der Waals surface area contributed by atoms with Crippen LogP contribution in [0.25, 0.3) is 0 Å². The second-order valence-corrected chi connectivity index (χ2v) is 4.59. The zero-order chi connectivity index (χ0) is 11.6. The minimum Gasteiger partial charge on any atom is -0.487 e. The molecule has 2 N–H and O–H groups in total. The summed E-state index contributed by atoms with van der Waals surface area (Å²) in [5.74, 6) is 0.413. The van der Waals surface area contributed by atoms with Gasteiger partial charge in [0, 0.05) is 6.07 Å². The molecule has 0 atom stereocenters. The van der Waals surface area contributed by atoms with Gasteiger partial charge in [-0.2, -0.15) is 0 Å². The maximum atomic E-state index is 13.1. The molecule has 0 bridgehead atoms. The summed E-state index contributed by atoms with van der Waals surface area (Å²) < 4.78 is 19.1. The lowest BCUT2D eigenvalue weighted by Gasteiger charge is -2.42. The molecule has 1 saturated carbocycles. The smallest absolute Gasteiger partial charge is 0.126 e. The molecule has 1 aromatic carbocycles. The van der Waals surface area contributed by atoms with E-state index >= 15 is 0 Å². The third kappa shape index (κ3) is 2.19. The van der Waals surface area contributed by atoms with Crippen LogP contribution >= 0.6 is 0 Å². The zero-order valence-electron chi connectivity index (χ0n) is 9.63. The second-order valence-electron chi connectivity index (χ2n) is 4.59. The molecule has 1 fully saturated rings. The highest BCUT2D eigenvalue weighted by molar-refractivity contribution is 5.33. The average Bonchev–Trinajstić information content (AvgIpc) is 2.20. The van der Waals surface area contributed by atoms with E-state index < -0.39 is 0 Å². The monoisotopic (exact) mass is 223 g/mol. The van der Waals surface area contributed by atoms with E-state index in [9.17, 15) is 4.39 Å². The van der Waals surface area contributed by atoms with Crippen LogP contribution in [0, 0.1) is 12.7 Å². The van der Waals surface area contributed by atoms with Crippen LogP contribution < -0.4 is 10.5 Å². The van der Waals surface area contributed by atoms with Crippen LogP contribution in [0.3, 0.4) is 0 Å². The first-order valence-corrected chi connectivity index (χ1v) is 5.80. The van der Waals surface area contributed by atoms with Gasteiger partial charge < -0.3 is 10.5 Å². The van der Waals surface area contributed by atoms with Gasteiger partial charge in [0.05, 0.1) is 0 Å². The minimum absolute atomic E-state index is 0.132. The Balaban J connectivity index is 2.15. The van der Waals surface area contributed by atoms with E-state index in [1.54, 1.807) is 6.07 Å². The van der Waals surface area contributed by atoms with E-state index in [1.807, 2.05) is 6.92 Å². The Labute approximate surface area is 95.6 Å². The molecule has 0 unspecified atom stereocenters. The number of benzene rings is 1. The van der Waals surface area contributed by atoms with Gasteiger partial charge in [-0.3, -0.25) is 0 Å². The molecule has 1 aliphatic rings. The predicted molar refractivity (Wildman–Crippen MR) is 62.0 cm³/mol. The lowest BCUT2D eigenvalue weighted by Crippen LogP contribution is -2.44. The van der Waals surface area contributed by atoms with E-state index in [4.69, 9.17) is 10.5 Å². The number of halogens is 1. The highest BCUT2D eigenvalue weighted by Crippen LogP contribution is 2.39. The average molecular weight is 223 g/mol. The van der Waals surface area contributed by atoms with Crippen molar-refractivity contribution in [1.82, 2.24) is 0 Å². The van der Waals surface area contributed by atoms with E-state index in [0.717, 1.165) is 24.8 Å². The SMILES string of the molecule is Cc1ccc(F)cc1OC1(CCN)CCC1. The fraction of sp³-hybridized carbons (Fsp3) is 0.538. The van der Waals surface area contributed by atoms with Crippen molar-refractivity contribution in [1.29, 1.82) is 0 Å². The van der Waals surface area contributed by atoms with Gasteiger partial charge in [0.15, 0.2) is 0 Å². The molecule has 0 amide bonds. The van der Waals surface area contributed by atoms with Crippen LogP contribution in [0.1, 0.15) is 31.2 Å². The molecule has 16 heavy (non-hydrogen) atoms. The molecule has 0 aliphatic heterocycles. The Morgan fingerprint density at radius 2 is 2.19 bits per heavy atom. The van der Waals surface area contributed by atoms with Gasteiger partial charge in [-0.1, -0.05) is 6.07 Å².